The summed E-state index contributed by atoms with van der Waals surface area (Å²) in [6.45, 7) is 0.170. The van der Waals surface area contributed by atoms with Gasteiger partial charge in [0.1, 0.15) is 11.6 Å². The Bertz CT molecular complexity index is 795. The smallest absolute Gasteiger partial charge is 0.307 e. The molecule has 128 valence electrons. The largest absolute Gasteiger partial charge is 0.469 e. The lowest BCUT2D eigenvalue weighted by atomic mass is 10.2. The number of nitriles is 1. The first-order chi connectivity index (χ1) is 11.3. The number of esters is 1. The molecule has 9 nitrogen and oxygen atoms in total. The average molecular weight is 353 g/mol. The minimum atomic E-state index is -4.40. The first-order valence-electron chi connectivity index (χ1n) is 6.57. The van der Waals surface area contributed by atoms with E-state index in [9.17, 15) is 18.0 Å². The van der Waals surface area contributed by atoms with Gasteiger partial charge in [0.25, 0.3) is 16.0 Å². The number of ether oxygens (including phenoxy) is 1. The summed E-state index contributed by atoms with van der Waals surface area (Å²) in [6, 6.07) is 6.59. The standard InChI is InChI=1S/C14H15N3O6S/c1-23-13(18)5-6-16-9-10(8-15)14(19)17-11-3-2-4-12(7-11)24(20,21)22/h2-4,7,9,16H,5-6H2,1H3,(H,17,19)(H,20,21,22)/b10-9-. The maximum atomic E-state index is 11.9. The van der Waals surface area contributed by atoms with Gasteiger partial charge in [0, 0.05) is 18.4 Å². The van der Waals surface area contributed by atoms with Crippen LogP contribution in [0, 0.1) is 11.3 Å². The van der Waals surface area contributed by atoms with E-state index in [0.29, 0.717) is 0 Å². The number of anilines is 1. The van der Waals surface area contributed by atoms with Crippen LogP contribution in [0.15, 0.2) is 40.9 Å². The third-order valence-corrected chi connectivity index (χ3v) is 3.55. The van der Waals surface area contributed by atoms with E-state index >= 15 is 0 Å². The molecule has 0 aliphatic heterocycles. The lowest BCUT2D eigenvalue weighted by Crippen LogP contribution is -2.18. The summed E-state index contributed by atoms with van der Waals surface area (Å²) in [7, 11) is -3.16. The Morgan fingerprint density at radius 2 is 2.12 bits per heavy atom. The van der Waals surface area contributed by atoms with Crippen LogP contribution in [0.25, 0.3) is 0 Å². The molecule has 0 aliphatic carbocycles. The number of rotatable bonds is 7. The molecule has 1 amide bonds. The van der Waals surface area contributed by atoms with Gasteiger partial charge in [0.2, 0.25) is 0 Å². The van der Waals surface area contributed by atoms with Crippen molar-refractivity contribution in [3.63, 3.8) is 0 Å². The SMILES string of the molecule is COC(=O)CCN/C=C(/C#N)C(=O)Nc1cccc(S(=O)(=O)O)c1. The third kappa shape index (κ3) is 6.07. The number of amides is 1. The topological polar surface area (TPSA) is 146 Å². The summed E-state index contributed by atoms with van der Waals surface area (Å²) >= 11 is 0. The van der Waals surface area contributed by atoms with Gasteiger partial charge in [-0.2, -0.15) is 13.7 Å². The number of hydrogen-bond donors (Lipinski definition) is 3. The number of nitrogens with zero attached hydrogens (tertiary/aromatic N) is 1. The van der Waals surface area contributed by atoms with E-state index in [4.69, 9.17) is 9.81 Å². The minimum Gasteiger partial charge on any atom is -0.469 e. The second-order valence-corrected chi connectivity index (χ2v) is 5.83. The van der Waals surface area contributed by atoms with Crippen molar-refractivity contribution in [3.8, 4) is 6.07 Å². The molecular formula is C14H15N3O6S. The zero-order valence-electron chi connectivity index (χ0n) is 12.6. The van der Waals surface area contributed by atoms with Gasteiger partial charge in [-0.1, -0.05) is 6.07 Å². The molecule has 0 atom stereocenters. The van der Waals surface area contributed by atoms with Crippen molar-refractivity contribution in [2.24, 2.45) is 0 Å². The predicted molar refractivity (Wildman–Crippen MR) is 83.2 cm³/mol. The molecule has 1 aromatic rings. The number of nitrogens with one attached hydrogen (secondary N) is 2. The van der Waals surface area contributed by atoms with Crippen molar-refractivity contribution in [2.75, 3.05) is 19.0 Å². The van der Waals surface area contributed by atoms with Crippen LogP contribution in [-0.4, -0.2) is 38.5 Å². The molecule has 1 aromatic carbocycles. The number of carbonyl (C=O) groups is 2. The summed E-state index contributed by atoms with van der Waals surface area (Å²) in [5.74, 6) is -1.23. The van der Waals surface area contributed by atoms with Gasteiger partial charge >= 0.3 is 5.97 Å². The lowest BCUT2D eigenvalue weighted by Gasteiger charge is -2.06. The van der Waals surface area contributed by atoms with Gasteiger partial charge in [0.15, 0.2) is 0 Å². The van der Waals surface area contributed by atoms with Crippen molar-refractivity contribution in [2.45, 2.75) is 11.3 Å². The van der Waals surface area contributed by atoms with Crippen molar-refractivity contribution >= 4 is 27.7 Å². The molecule has 0 saturated carbocycles. The Labute approximate surface area is 138 Å². The van der Waals surface area contributed by atoms with E-state index in [1.165, 1.54) is 19.2 Å². The van der Waals surface area contributed by atoms with E-state index in [-0.39, 0.29) is 29.1 Å². The van der Waals surface area contributed by atoms with E-state index in [1.807, 2.05) is 0 Å². The highest BCUT2D eigenvalue weighted by Crippen LogP contribution is 2.15. The number of benzene rings is 1. The predicted octanol–water partition coefficient (Wildman–Crippen LogP) is 0.432. The molecule has 24 heavy (non-hydrogen) atoms. The van der Waals surface area contributed by atoms with Gasteiger partial charge < -0.3 is 15.4 Å². The van der Waals surface area contributed by atoms with Crippen molar-refractivity contribution in [1.29, 1.82) is 5.26 Å². The van der Waals surface area contributed by atoms with Crippen LogP contribution in [0.3, 0.4) is 0 Å². The fourth-order valence-corrected chi connectivity index (χ4v) is 2.06. The average Bonchev–Trinajstić information content (AvgIpc) is 2.54. The van der Waals surface area contributed by atoms with Crippen molar-refractivity contribution in [3.05, 3.63) is 36.0 Å². The van der Waals surface area contributed by atoms with Gasteiger partial charge in [-0.15, -0.1) is 0 Å². The fraction of sp³-hybridized carbons (Fsp3) is 0.214. The van der Waals surface area contributed by atoms with E-state index in [0.717, 1.165) is 18.3 Å². The highest BCUT2D eigenvalue weighted by molar-refractivity contribution is 7.85. The van der Waals surface area contributed by atoms with Crippen LogP contribution in [0.1, 0.15) is 6.42 Å². The molecule has 0 heterocycles. The molecule has 0 aromatic heterocycles. The maximum absolute atomic E-state index is 11.9. The van der Waals surface area contributed by atoms with Crippen LogP contribution in [0.4, 0.5) is 5.69 Å². The van der Waals surface area contributed by atoms with Crippen LogP contribution in [0.2, 0.25) is 0 Å². The zero-order valence-corrected chi connectivity index (χ0v) is 13.5. The van der Waals surface area contributed by atoms with E-state index in [2.05, 4.69) is 15.4 Å². The van der Waals surface area contributed by atoms with Gasteiger partial charge in [0.05, 0.1) is 18.4 Å². The Balaban J connectivity index is 2.75. The Morgan fingerprint density at radius 1 is 1.42 bits per heavy atom. The summed E-state index contributed by atoms with van der Waals surface area (Å²) in [5, 5.41) is 13.9. The van der Waals surface area contributed by atoms with Crippen LogP contribution < -0.4 is 10.6 Å². The first kappa shape index (κ1) is 19.1. The second kappa shape index (κ2) is 8.66. The molecule has 3 N–H and O–H groups in total. The molecule has 0 aliphatic rings. The minimum absolute atomic E-state index is 0.0593. The van der Waals surface area contributed by atoms with E-state index < -0.39 is 22.0 Å². The third-order valence-electron chi connectivity index (χ3n) is 2.70. The first-order valence-corrected chi connectivity index (χ1v) is 8.01. The van der Waals surface area contributed by atoms with Gasteiger partial charge in [-0.25, -0.2) is 0 Å². The number of methoxy groups -OCH3 is 1. The summed E-state index contributed by atoms with van der Waals surface area (Å²) < 4.78 is 35.5. The zero-order chi connectivity index (χ0) is 18.2. The highest BCUT2D eigenvalue weighted by atomic mass is 32.2. The molecule has 1 rings (SSSR count). The normalized spacial score (nSPS) is 11.3. The monoisotopic (exact) mass is 353 g/mol. The molecule has 0 bridgehead atoms. The number of carbonyl (C=O) groups excluding carboxylic acids is 2. The van der Waals surface area contributed by atoms with Crippen LogP contribution in [0.5, 0.6) is 0 Å². The molecular weight excluding hydrogens is 338 g/mol. The van der Waals surface area contributed by atoms with Crippen molar-refractivity contribution in [1.82, 2.24) is 5.32 Å². The Hall–Kier alpha value is -2.90. The highest BCUT2D eigenvalue weighted by Gasteiger charge is 2.13. The van der Waals surface area contributed by atoms with Crippen molar-refractivity contribution < 1.29 is 27.3 Å². The molecule has 0 unspecified atom stereocenters. The summed E-state index contributed by atoms with van der Waals surface area (Å²) in [4.78, 5) is 22.5. The lowest BCUT2D eigenvalue weighted by molar-refractivity contribution is -0.140. The Morgan fingerprint density at radius 3 is 2.71 bits per heavy atom. The van der Waals surface area contributed by atoms with Gasteiger partial charge in [-0.3, -0.25) is 14.1 Å². The summed E-state index contributed by atoms with van der Waals surface area (Å²) in [5.41, 5.74) is -0.192. The quantitative estimate of drug-likeness (QED) is 0.210. The molecule has 0 radical (unpaired) electrons. The van der Waals surface area contributed by atoms with Crippen LogP contribution in [-0.2, 0) is 24.4 Å². The van der Waals surface area contributed by atoms with E-state index in [1.54, 1.807) is 6.07 Å². The van der Waals surface area contributed by atoms with Crippen LogP contribution >= 0.6 is 0 Å². The van der Waals surface area contributed by atoms with Gasteiger partial charge in [-0.05, 0) is 18.2 Å². The molecule has 10 heteroatoms. The number of hydrogen-bond acceptors (Lipinski definition) is 7. The molecule has 0 fully saturated rings. The molecule has 0 spiro atoms. The summed E-state index contributed by atoms with van der Waals surface area (Å²) in [6.07, 6.45) is 1.19. The fourth-order valence-electron chi connectivity index (χ4n) is 1.53. The second-order valence-electron chi connectivity index (χ2n) is 4.41. The maximum Gasteiger partial charge on any atom is 0.307 e. The molecule has 0 saturated heterocycles. The Kier molecular flexibility index (Phi) is 6.91.